The summed E-state index contributed by atoms with van der Waals surface area (Å²) in [5.74, 6) is 1.61. The van der Waals surface area contributed by atoms with Gasteiger partial charge in [-0.3, -0.25) is 9.69 Å². The lowest BCUT2D eigenvalue weighted by molar-refractivity contribution is 0.232. The molecule has 3 heterocycles. The first kappa shape index (κ1) is 14.0. The van der Waals surface area contributed by atoms with Crippen LogP contribution < -0.4 is 5.56 Å². The zero-order chi connectivity index (χ0) is 14.8. The molecule has 2 aromatic heterocycles. The molecule has 0 aliphatic carbocycles. The van der Waals surface area contributed by atoms with E-state index in [4.69, 9.17) is 4.52 Å². The molecule has 0 spiro atoms. The van der Waals surface area contributed by atoms with Crippen molar-refractivity contribution < 1.29 is 4.52 Å². The molecule has 0 saturated carbocycles. The summed E-state index contributed by atoms with van der Waals surface area (Å²) in [5.41, 5.74) is 2.70. The van der Waals surface area contributed by atoms with Crippen molar-refractivity contribution in [2.24, 2.45) is 0 Å². The Hall–Kier alpha value is -1.95. The van der Waals surface area contributed by atoms with Gasteiger partial charge in [0.15, 0.2) is 0 Å². The second-order valence-electron chi connectivity index (χ2n) is 5.58. The van der Waals surface area contributed by atoms with Gasteiger partial charge in [0.1, 0.15) is 11.6 Å². The smallest absolute Gasteiger partial charge is 0.254 e. The van der Waals surface area contributed by atoms with Crippen LogP contribution in [0.4, 0.5) is 0 Å². The van der Waals surface area contributed by atoms with Crippen LogP contribution in [0.5, 0.6) is 0 Å². The molecule has 3 rings (SSSR count). The standard InChI is InChI=1S/C15H20N4O2/c1-3-4-14-16-13-9-19(6-5-12(13)15(20)17-14)8-11-7-10(2)21-18-11/h7H,3-6,8-9H2,1-2H3,(H,16,17,20). The van der Waals surface area contributed by atoms with E-state index in [0.717, 1.165) is 60.9 Å². The maximum absolute atomic E-state index is 12.1. The first-order chi connectivity index (χ1) is 10.2. The number of aromatic nitrogens is 3. The molecule has 0 bridgehead atoms. The highest BCUT2D eigenvalue weighted by Gasteiger charge is 2.21. The monoisotopic (exact) mass is 288 g/mol. The average Bonchev–Trinajstić information content (AvgIpc) is 2.84. The fourth-order valence-electron chi connectivity index (χ4n) is 2.76. The number of rotatable bonds is 4. The minimum atomic E-state index is 0.0281. The van der Waals surface area contributed by atoms with E-state index in [9.17, 15) is 4.79 Å². The van der Waals surface area contributed by atoms with Crippen molar-refractivity contribution in [3.63, 3.8) is 0 Å². The predicted octanol–water partition coefficient (Wildman–Crippen LogP) is 1.58. The Kier molecular flexibility index (Phi) is 3.88. The highest BCUT2D eigenvalue weighted by molar-refractivity contribution is 5.21. The van der Waals surface area contributed by atoms with Gasteiger partial charge in [-0.05, 0) is 19.8 Å². The summed E-state index contributed by atoms with van der Waals surface area (Å²) < 4.78 is 5.10. The number of aromatic amines is 1. The molecule has 1 aliphatic rings. The van der Waals surface area contributed by atoms with Crippen molar-refractivity contribution in [3.05, 3.63) is 45.0 Å². The van der Waals surface area contributed by atoms with E-state index in [-0.39, 0.29) is 5.56 Å². The highest BCUT2D eigenvalue weighted by Crippen LogP contribution is 2.16. The van der Waals surface area contributed by atoms with Crippen molar-refractivity contribution in [3.8, 4) is 0 Å². The Morgan fingerprint density at radius 3 is 3.05 bits per heavy atom. The summed E-state index contributed by atoms with van der Waals surface area (Å²) in [6.45, 7) is 6.24. The van der Waals surface area contributed by atoms with Crippen molar-refractivity contribution in [1.82, 2.24) is 20.0 Å². The number of H-pyrrole nitrogens is 1. The Morgan fingerprint density at radius 2 is 2.33 bits per heavy atom. The third kappa shape index (κ3) is 3.05. The molecule has 112 valence electrons. The molecule has 6 nitrogen and oxygen atoms in total. The molecule has 6 heteroatoms. The van der Waals surface area contributed by atoms with Gasteiger partial charge in [-0.2, -0.15) is 0 Å². The van der Waals surface area contributed by atoms with Gasteiger partial charge in [-0.1, -0.05) is 12.1 Å². The quantitative estimate of drug-likeness (QED) is 0.924. The Balaban J connectivity index is 1.79. The third-order valence-corrected chi connectivity index (χ3v) is 3.75. The summed E-state index contributed by atoms with van der Waals surface area (Å²) in [6.07, 6.45) is 2.52. The lowest BCUT2D eigenvalue weighted by atomic mass is 10.1. The zero-order valence-electron chi connectivity index (χ0n) is 12.5. The van der Waals surface area contributed by atoms with E-state index in [0.29, 0.717) is 6.54 Å². The summed E-state index contributed by atoms with van der Waals surface area (Å²) in [7, 11) is 0. The van der Waals surface area contributed by atoms with Gasteiger partial charge in [-0.25, -0.2) is 4.98 Å². The number of aryl methyl sites for hydroxylation is 2. The van der Waals surface area contributed by atoms with Crippen LogP contribution in [-0.4, -0.2) is 26.6 Å². The molecule has 0 aromatic carbocycles. The summed E-state index contributed by atoms with van der Waals surface area (Å²) in [4.78, 5) is 21.8. The zero-order valence-corrected chi connectivity index (χ0v) is 12.5. The molecular formula is C15H20N4O2. The van der Waals surface area contributed by atoms with Crippen LogP contribution in [-0.2, 0) is 25.9 Å². The van der Waals surface area contributed by atoms with Gasteiger partial charge < -0.3 is 9.51 Å². The Labute approximate surface area is 123 Å². The van der Waals surface area contributed by atoms with Crippen LogP contribution in [0.15, 0.2) is 15.4 Å². The van der Waals surface area contributed by atoms with E-state index in [1.54, 1.807) is 0 Å². The van der Waals surface area contributed by atoms with E-state index >= 15 is 0 Å². The minimum Gasteiger partial charge on any atom is -0.361 e. The van der Waals surface area contributed by atoms with Crippen LogP contribution in [0.3, 0.4) is 0 Å². The predicted molar refractivity (Wildman–Crippen MR) is 77.9 cm³/mol. The second-order valence-corrected chi connectivity index (χ2v) is 5.58. The van der Waals surface area contributed by atoms with Gasteiger partial charge in [-0.15, -0.1) is 0 Å². The largest absolute Gasteiger partial charge is 0.361 e. The molecule has 0 atom stereocenters. The van der Waals surface area contributed by atoms with Crippen LogP contribution in [0.1, 0.15) is 41.9 Å². The van der Waals surface area contributed by atoms with Crippen molar-refractivity contribution in [2.75, 3.05) is 6.54 Å². The molecular weight excluding hydrogens is 268 g/mol. The lowest BCUT2D eigenvalue weighted by Gasteiger charge is -2.26. The molecule has 0 fully saturated rings. The molecule has 0 radical (unpaired) electrons. The molecule has 1 N–H and O–H groups in total. The fraction of sp³-hybridized carbons (Fsp3) is 0.533. The van der Waals surface area contributed by atoms with Crippen LogP contribution >= 0.6 is 0 Å². The van der Waals surface area contributed by atoms with Gasteiger partial charge in [0, 0.05) is 37.7 Å². The summed E-state index contributed by atoms with van der Waals surface area (Å²) in [6, 6.07) is 1.95. The van der Waals surface area contributed by atoms with Gasteiger partial charge >= 0.3 is 0 Å². The maximum atomic E-state index is 12.1. The average molecular weight is 288 g/mol. The molecule has 21 heavy (non-hydrogen) atoms. The third-order valence-electron chi connectivity index (χ3n) is 3.75. The van der Waals surface area contributed by atoms with Crippen molar-refractivity contribution in [1.29, 1.82) is 0 Å². The number of nitrogens with zero attached hydrogens (tertiary/aromatic N) is 3. The van der Waals surface area contributed by atoms with E-state index in [1.807, 2.05) is 13.0 Å². The molecule has 0 unspecified atom stereocenters. The number of hydrogen-bond acceptors (Lipinski definition) is 5. The van der Waals surface area contributed by atoms with Crippen LogP contribution in [0, 0.1) is 6.92 Å². The SMILES string of the molecule is CCCc1nc2c(c(=O)[nH]1)CCN(Cc1cc(C)on1)C2. The normalized spacial score (nSPS) is 15.1. The maximum Gasteiger partial charge on any atom is 0.254 e. The van der Waals surface area contributed by atoms with Crippen molar-refractivity contribution >= 4 is 0 Å². The molecule has 1 aliphatic heterocycles. The fourth-order valence-corrected chi connectivity index (χ4v) is 2.76. The first-order valence-electron chi connectivity index (χ1n) is 7.41. The van der Waals surface area contributed by atoms with E-state index in [1.165, 1.54) is 0 Å². The Morgan fingerprint density at radius 1 is 1.48 bits per heavy atom. The lowest BCUT2D eigenvalue weighted by Crippen LogP contribution is -2.35. The van der Waals surface area contributed by atoms with Crippen LogP contribution in [0.25, 0.3) is 0 Å². The van der Waals surface area contributed by atoms with Gasteiger partial charge in [0.25, 0.3) is 5.56 Å². The minimum absolute atomic E-state index is 0.0281. The first-order valence-corrected chi connectivity index (χ1v) is 7.41. The molecule has 0 saturated heterocycles. The van der Waals surface area contributed by atoms with Crippen molar-refractivity contribution in [2.45, 2.75) is 46.2 Å². The molecule has 0 amide bonds. The topological polar surface area (TPSA) is 75.0 Å². The second kappa shape index (κ2) is 5.81. The van der Waals surface area contributed by atoms with Gasteiger partial charge in [0.2, 0.25) is 0 Å². The van der Waals surface area contributed by atoms with E-state index in [2.05, 4.69) is 26.9 Å². The molecule has 2 aromatic rings. The van der Waals surface area contributed by atoms with Gasteiger partial charge in [0.05, 0.1) is 11.4 Å². The van der Waals surface area contributed by atoms with Crippen LogP contribution in [0.2, 0.25) is 0 Å². The highest BCUT2D eigenvalue weighted by atomic mass is 16.5. The Bertz CT molecular complexity index is 689. The summed E-state index contributed by atoms with van der Waals surface area (Å²) in [5, 5.41) is 4.03. The number of fused-ring (bicyclic) bond motifs is 1. The summed E-state index contributed by atoms with van der Waals surface area (Å²) >= 11 is 0. The van der Waals surface area contributed by atoms with E-state index < -0.39 is 0 Å². The number of hydrogen-bond donors (Lipinski definition) is 1. The number of nitrogens with one attached hydrogen (secondary N) is 1.